The van der Waals surface area contributed by atoms with E-state index >= 15 is 0 Å². The van der Waals surface area contributed by atoms with Crippen molar-refractivity contribution in [3.8, 4) is 34.3 Å². The highest BCUT2D eigenvalue weighted by molar-refractivity contribution is 5.93. The Labute approximate surface area is 197 Å². The summed E-state index contributed by atoms with van der Waals surface area (Å²) in [5.41, 5.74) is 0.683. The molecule has 4 N–H and O–H groups in total. The van der Waals surface area contributed by atoms with E-state index in [2.05, 4.69) is 0 Å². The molecule has 0 saturated carbocycles. The van der Waals surface area contributed by atoms with E-state index in [0.29, 0.717) is 16.7 Å². The molecular weight excluding hydrogens is 458 g/mol. The second-order valence-electron chi connectivity index (χ2n) is 8.03. The fraction of sp³-hybridized carbons (Fsp3) is 0.120. The monoisotopic (exact) mass is 477 g/mol. The maximum absolute atomic E-state index is 13.0. The van der Waals surface area contributed by atoms with Crippen molar-refractivity contribution < 1.29 is 39.3 Å². The SMILES string of the molecule is COc1ccc(-c2cc(=O)c3c(O)cc4c(c3o2)C(c2cccc([NH+]([O-])O)c2)CC(=O)O4)cc1O. The molecule has 1 aliphatic heterocycles. The van der Waals surface area contributed by atoms with Gasteiger partial charge >= 0.3 is 5.97 Å². The predicted octanol–water partition coefficient (Wildman–Crippen LogP) is 2.72. The number of quaternary nitrogens is 1. The van der Waals surface area contributed by atoms with E-state index in [1.165, 1.54) is 43.5 Å². The van der Waals surface area contributed by atoms with E-state index in [-0.39, 0.29) is 46.1 Å². The number of esters is 1. The third-order valence-electron chi connectivity index (χ3n) is 5.92. The zero-order chi connectivity index (χ0) is 24.9. The van der Waals surface area contributed by atoms with E-state index in [4.69, 9.17) is 13.9 Å². The Morgan fingerprint density at radius 3 is 2.57 bits per heavy atom. The molecule has 10 nitrogen and oxygen atoms in total. The Hall–Kier alpha value is -4.38. The predicted molar refractivity (Wildman–Crippen MR) is 122 cm³/mol. The first-order valence-corrected chi connectivity index (χ1v) is 10.5. The minimum Gasteiger partial charge on any atom is -0.595 e. The first-order chi connectivity index (χ1) is 16.8. The van der Waals surface area contributed by atoms with Crippen LogP contribution in [-0.4, -0.2) is 28.5 Å². The number of carbonyl (C=O) groups is 1. The number of fused-ring (bicyclic) bond motifs is 3. The molecule has 35 heavy (non-hydrogen) atoms. The standard InChI is InChI=1S/C25H19NO9/c1-33-19-6-5-13(8-16(19)27)20-10-17(28)24-18(29)11-21-23(25(24)35-20)15(9-22(30)34-21)12-3-2-4-14(7-12)26(31)32/h2-8,10-11,15,26-27,29,31H,9H2,1H3. The highest BCUT2D eigenvalue weighted by Crippen LogP contribution is 2.46. The third kappa shape index (κ3) is 3.85. The van der Waals surface area contributed by atoms with Crippen LogP contribution < -0.4 is 20.1 Å². The Morgan fingerprint density at radius 1 is 1.06 bits per heavy atom. The molecule has 178 valence electrons. The van der Waals surface area contributed by atoms with Crippen LogP contribution >= 0.6 is 0 Å². The molecular formula is C25H19NO9. The molecule has 0 bridgehead atoms. The van der Waals surface area contributed by atoms with Crippen molar-refractivity contribution in [1.29, 1.82) is 0 Å². The van der Waals surface area contributed by atoms with Crippen molar-refractivity contribution >= 4 is 22.6 Å². The summed E-state index contributed by atoms with van der Waals surface area (Å²) in [7, 11) is 1.40. The highest BCUT2D eigenvalue weighted by atomic mass is 16.8. The van der Waals surface area contributed by atoms with Gasteiger partial charge in [0.05, 0.1) is 13.5 Å². The van der Waals surface area contributed by atoms with Gasteiger partial charge in [-0.1, -0.05) is 12.1 Å². The summed E-state index contributed by atoms with van der Waals surface area (Å²) in [4.78, 5) is 25.4. The molecule has 1 aromatic heterocycles. The van der Waals surface area contributed by atoms with Crippen molar-refractivity contribution in [2.24, 2.45) is 0 Å². The van der Waals surface area contributed by atoms with Crippen molar-refractivity contribution in [3.05, 3.63) is 81.2 Å². The summed E-state index contributed by atoms with van der Waals surface area (Å²) in [6.45, 7) is 0. The second-order valence-corrected chi connectivity index (χ2v) is 8.03. The van der Waals surface area contributed by atoms with Crippen LogP contribution in [0.15, 0.2) is 63.8 Å². The first kappa shape index (κ1) is 22.4. The number of hydrogen-bond donors (Lipinski definition) is 4. The minimum atomic E-state index is -1.13. The third-order valence-corrected chi connectivity index (χ3v) is 5.92. The molecule has 3 aromatic carbocycles. The largest absolute Gasteiger partial charge is 0.595 e. The zero-order valence-electron chi connectivity index (χ0n) is 18.3. The number of benzene rings is 3. The van der Waals surface area contributed by atoms with Gasteiger partial charge in [-0.15, -0.1) is 0 Å². The van der Waals surface area contributed by atoms with E-state index in [1.807, 2.05) is 0 Å². The van der Waals surface area contributed by atoms with Crippen molar-refractivity contribution in [2.75, 3.05) is 7.11 Å². The number of hydrogen-bond acceptors (Lipinski definition) is 9. The van der Waals surface area contributed by atoms with Gasteiger partial charge in [0, 0.05) is 41.3 Å². The van der Waals surface area contributed by atoms with Gasteiger partial charge < -0.3 is 29.3 Å². The summed E-state index contributed by atoms with van der Waals surface area (Å²) in [6.07, 6.45) is -0.132. The summed E-state index contributed by atoms with van der Waals surface area (Å²) >= 11 is 0. The topological polar surface area (TPSA) is 154 Å². The van der Waals surface area contributed by atoms with Gasteiger partial charge in [-0.2, -0.15) is 5.23 Å². The van der Waals surface area contributed by atoms with Crippen LogP contribution in [0.5, 0.6) is 23.0 Å². The second kappa shape index (κ2) is 8.44. The summed E-state index contributed by atoms with van der Waals surface area (Å²) in [5, 5.41) is 40.4. The molecule has 0 fully saturated rings. The van der Waals surface area contributed by atoms with Crippen LogP contribution in [0, 0.1) is 5.21 Å². The van der Waals surface area contributed by atoms with Crippen molar-refractivity contribution in [1.82, 2.24) is 0 Å². The lowest BCUT2D eigenvalue weighted by molar-refractivity contribution is -0.991. The molecule has 2 unspecified atom stereocenters. The molecule has 0 spiro atoms. The Balaban J connectivity index is 1.78. The molecule has 0 radical (unpaired) electrons. The van der Waals surface area contributed by atoms with Gasteiger partial charge in [-0.3, -0.25) is 9.59 Å². The van der Waals surface area contributed by atoms with Crippen molar-refractivity contribution in [2.45, 2.75) is 12.3 Å². The number of phenols is 2. The zero-order valence-corrected chi connectivity index (χ0v) is 18.3. The lowest BCUT2D eigenvalue weighted by atomic mass is 9.85. The smallest absolute Gasteiger partial charge is 0.312 e. The average Bonchev–Trinajstić information content (AvgIpc) is 2.83. The van der Waals surface area contributed by atoms with Crippen LogP contribution in [-0.2, 0) is 4.79 Å². The van der Waals surface area contributed by atoms with Gasteiger partial charge in [0.15, 0.2) is 22.6 Å². The molecule has 5 rings (SSSR count). The molecule has 1 aliphatic rings. The van der Waals surface area contributed by atoms with Gasteiger partial charge in [0.1, 0.15) is 28.2 Å². The number of methoxy groups -OCH3 is 1. The van der Waals surface area contributed by atoms with Crippen LogP contribution in [0.3, 0.4) is 0 Å². The lowest BCUT2D eigenvalue weighted by Crippen LogP contribution is -2.99. The molecule has 2 heterocycles. The number of phenolic OH excluding ortho intramolecular Hbond substituents is 2. The number of ether oxygens (including phenoxy) is 2. The van der Waals surface area contributed by atoms with E-state index in [0.717, 1.165) is 0 Å². The molecule has 4 aromatic rings. The van der Waals surface area contributed by atoms with E-state index in [1.54, 1.807) is 18.2 Å². The maximum Gasteiger partial charge on any atom is 0.312 e. The molecule has 2 atom stereocenters. The summed E-state index contributed by atoms with van der Waals surface area (Å²) in [5.74, 6) is -1.53. The van der Waals surface area contributed by atoms with E-state index in [9.17, 15) is 30.2 Å². The highest BCUT2D eigenvalue weighted by Gasteiger charge is 2.34. The number of carbonyl (C=O) groups excluding carboxylic acids is 1. The minimum absolute atomic E-state index is 0.00367. The molecule has 0 aliphatic carbocycles. The van der Waals surface area contributed by atoms with Gasteiger partial charge in [0.25, 0.3) is 0 Å². The number of aromatic hydroxyl groups is 2. The van der Waals surface area contributed by atoms with Crippen LogP contribution in [0.25, 0.3) is 22.3 Å². The maximum atomic E-state index is 13.0. The Bertz CT molecular complexity index is 1540. The summed E-state index contributed by atoms with van der Waals surface area (Å²) < 4.78 is 16.5. The van der Waals surface area contributed by atoms with Gasteiger partial charge in [0.2, 0.25) is 0 Å². The average molecular weight is 477 g/mol. The fourth-order valence-corrected chi connectivity index (χ4v) is 4.32. The number of rotatable bonds is 4. The Morgan fingerprint density at radius 2 is 1.86 bits per heavy atom. The first-order valence-electron chi connectivity index (χ1n) is 10.5. The lowest BCUT2D eigenvalue weighted by Gasteiger charge is -2.26. The Kier molecular flexibility index (Phi) is 5.40. The van der Waals surface area contributed by atoms with Gasteiger partial charge in [-0.25, -0.2) is 5.21 Å². The molecule has 0 saturated heterocycles. The van der Waals surface area contributed by atoms with Crippen LogP contribution in [0.4, 0.5) is 5.69 Å². The number of nitrogens with one attached hydrogen (secondary N) is 1. The van der Waals surface area contributed by atoms with Crippen molar-refractivity contribution in [3.63, 3.8) is 0 Å². The fourth-order valence-electron chi connectivity index (χ4n) is 4.32. The van der Waals surface area contributed by atoms with Crippen LogP contribution in [0.2, 0.25) is 0 Å². The van der Waals surface area contributed by atoms with Crippen LogP contribution in [0.1, 0.15) is 23.5 Å². The molecule has 10 heteroatoms. The van der Waals surface area contributed by atoms with Gasteiger partial charge in [-0.05, 0) is 23.8 Å². The molecule has 0 amide bonds. The summed E-state index contributed by atoms with van der Waals surface area (Å²) in [6, 6.07) is 12.9. The normalized spacial score (nSPS) is 16.0. The quantitative estimate of drug-likeness (QED) is 0.197. The van der Waals surface area contributed by atoms with E-state index < -0.39 is 28.3 Å².